The number of aromatic nitrogens is 6. The SMILES string of the molecule is CCCCc1nc(C)c(CCCC(=O)O)c(=O)n1Cc1ccc(-c2ccccc2-c2nnn[nH]2)cc1. The Balaban J connectivity index is 1.64. The van der Waals surface area contributed by atoms with E-state index in [1.54, 1.807) is 4.57 Å². The van der Waals surface area contributed by atoms with E-state index < -0.39 is 5.97 Å². The third-order valence-electron chi connectivity index (χ3n) is 6.25. The van der Waals surface area contributed by atoms with E-state index in [0.717, 1.165) is 47.3 Å². The molecule has 2 aromatic carbocycles. The molecule has 186 valence electrons. The predicted molar refractivity (Wildman–Crippen MR) is 137 cm³/mol. The van der Waals surface area contributed by atoms with Crippen molar-refractivity contribution in [2.45, 2.75) is 58.9 Å². The number of nitrogens with one attached hydrogen (secondary N) is 1. The van der Waals surface area contributed by atoms with Gasteiger partial charge in [-0.25, -0.2) is 10.1 Å². The largest absolute Gasteiger partial charge is 0.481 e. The third kappa shape index (κ3) is 5.73. The van der Waals surface area contributed by atoms with Gasteiger partial charge in [0.2, 0.25) is 0 Å². The second-order valence-corrected chi connectivity index (χ2v) is 8.83. The Morgan fingerprint density at radius 2 is 1.78 bits per heavy atom. The molecule has 0 amide bonds. The molecule has 4 aromatic rings. The van der Waals surface area contributed by atoms with Crippen LogP contribution in [-0.4, -0.2) is 41.3 Å². The molecule has 2 N–H and O–H groups in total. The van der Waals surface area contributed by atoms with Crippen LogP contribution in [0.15, 0.2) is 53.3 Å². The number of hydrogen-bond donors (Lipinski definition) is 2. The molecule has 2 aromatic heterocycles. The topological polar surface area (TPSA) is 127 Å². The molecule has 0 saturated carbocycles. The second kappa shape index (κ2) is 11.5. The molecule has 9 heteroatoms. The predicted octanol–water partition coefficient (Wildman–Crippen LogP) is 4.20. The molecular weight excluding hydrogens is 456 g/mol. The number of nitrogens with zero attached hydrogens (tertiary/aromatic N) is 5. The van der Waals surface area contributed by atoms with Gasteiger partial charge in [0.25, 0.3) is 5.56 Å². The minimum absolute atomic E-state index is 0.0313. The lowest BCUT2D eigenvalue weighted by Gasteiger charge is -2.16. The maximum absolute atomic E-state index is 13.5. The van der Waals surface area contributed by atoms with Crippen molar-refractivity contribution in [3.05, 3.63) is 81.5 Å². The fraction of sp³-hybridized carbons (Fsp3) is 0.333. The van der Waals surface area contributed by atoms with Gasteiger partial charge in [-0.1, -0.05) is 61.9 Å². The maximum Gasteiger partial charge on any atom is 0.303 e. The average molecular weight is 487 g/mol. The molecule has 0 radical (unpaired) electrons. The molecule has 36 heavy (non-hydrogen) atoms. The highest BCUT2D eigenvalue weighted by Crippen LogP contribution is 2.29. The maximum atomic E-state index is 13.5. The lowest BCUT2D eigenvalue weighted by Crippen LogP contribution is -2.30. The number of unbranched alkanes of at least 4 members (excludes halogenated alkanes) is 1. The summed E-state index contributed by atoms with van der Waals surface area (Å²) in [5.74, 6) is 0.512. The van der Waals surface area contributed by atoms with Crippen molar-refractivity contribution in [3.63, 3.8) is 0 Å². The van der Waals surface area contributed by atoms with Gasteiger partial charge in [0.15, 0.2) is 5.82 Å². The molecule has 2 heterocycles. The monoisotopic (exact) mass is 486 g/mol. The Kier molecular flexibility index (Phi) is 7.99. The molecule has 0 aliphatic rings. The molecule has 0 bridgehead atoms. The summed E-state index contributed by atoms with van der Waals surface area (Å²) in [6, 6.07) is 16.0. The summed E-state index contributed by atoms with van der Waals surface area (Å²) in [5, 5.41) is 23.2. The summed E-state index contributed by atoms with van der Waals surface area (Å²) >= 11 is 0. The van der Waals surface area contributed by atoms with E-state index in [9.17, 15) is 9.59 Å². The number of tetrazole rings is 1. The van der Waals surface area contributed by atoms with Crippen molar-refractivity contribution >= 4 is 5.97 Å². The molecule has 0 saturated heterocycles. The number of hydrogen-bond acceptors (Lipinski definition) is 6. The number of carbonyl (C=O) groups is 1. The summed E-state index contributed by atoms with van der Waals surface area (Å²) in [4.78, 5) is 29.2. The first-order valence-electron chi connectivity index (χ1n) is 12.2. The van der Waals surface area contributed by atoms with Crippen LogP contribution in [-0.2, 0) is 24.2 Å². The van der Waals surface area contributed by atoms with E-state index in [1.165, 1.54) is 0 Å². The van der Waals surface area contributed by atoms with Crippen molar-refractivity contribution in [1.82, 2.24) is 30.2 Å². The van der Waals surface area contributed by atoms with Crippen LogP contribution >= 0.6 is 0 Å². The van der Waals surface area contributed by atoms with Crippen LogP contribution in [0.4, 0.5) is 0 Å². The van der Waals surface area contributed by atoms with Crippen LogP contribution in [0.2, 0.25) is 0 Å². The van der Waals surface area contributed by atoms with Gasteiger partial charge in [-0.15, -0.1) is 5.10 Å². The second-order valence-electron chi connectivity index (χ2n) is 8.83. The summed E-state index contributed by atoms with van der Waals surface area (Å²) in [5.41, 5.74) is 5.12. The fourth-order valence-electron chi connectivity index (χ4n) is 4.34. The normalized spacial score (nSPS) is 11.1. The molecule has 4 rings (SSSR count). The molecule has 0 unspecified atom stereocenters. The Morgan fingerprint density at radius 1 is 1.03 bits per heavy atom. The van der Waals surface area contributed by atoms with E-state index in [1.807, 2.05) is 55.5 Å². The van der Waals surface area contributed by atoms with Crippen molar-refractivity contribution < 1.29 is 9.90 Å². The van der Waals surface area contributed by atoms with Crippen LogP contribution in [0, 0.1) is 6.92 Å². The minimum atomic E-state index is -0.859. The number of carboxylic acid groups (broad SMARTS) is 1. The van der Waals surface area contributed by atoms with Gasteiger partial charge in [0.1, 0.15) is 5.82 Å². The highest BCUT2D eigenvalue weighted by molar-refractivity contribution is 5.80. The molecule has 0 spiro atoms. The van der Waals surface area contributed by atoms with E-state index in [0.29, 0.717) is 36.5 Å². The molecule has 0 fully saturated rings. The van der Waals surface area contributed by atoms with Gasteiger partial charge in [-0.05, 0) is 53.3 Å². The van der Waals surface area contributed by atoms with Gasteiger partial charge in [0.05, 0.1) is 6.54 Å². The first-order chi connectivity index (χ1) is 17.5. The number of benzene rings is 2. The van der Waals surface area contributed by atoms with Gasteiger partial charge in [-0.2, -0.15) is 0 Å². The van der Waals surface area contributed by atoms with Crippen molar-refractivity contribution in [1.29, 1.82) is 0 Å². The van der Waals surface area contributed by atoms with E-state index >= 15 is 0 Å². The number of aryl methyl sites for hydroxylation is 2. The smallest absolute Gasteiger partial charge is 0.303 e. The number of aliphatic carboxylic acids is 1. The van der Waals surface area contributed by atoms with E-state index in [2.05, 4.69) is 27.5 Å². The lowest BCUT2D eigenvalue weighted by atomic mass is 9.98. The van der Waals surface area contributed by atoms with Crippen LogP contribution in [0.3, 0.4) is 0 Å². The van der Waals surface area contributed by atoms with Crippen LogP contribution in [0.1, 0.15) is 55.3 Å². The molecule has 9 nitrogen and oxygen atoms in total. The average Bonchev–Trinajstić information content (AvgIpc) is 3.42. The zero-order valence-electron chi connectivity index (χ0n) is 20.6. The van der Waals surface area contributed by atoms with E-state index in [-0.39, 0.29) is 12.0 Å². The summed E-state index contributed by atoms with van der Waals surface area (Å²) in [7, 11) is 0. The third-order valence-corrected chi connectivity index (χ3v) is 6.25. The Labute approximate surface area is 209 Å². The fourth-order valence-corrected chi connectivity index (χ4v) is 4.34. The standard InChI is InChI=1S/C27H30N6O3/c1-3-4-11-24-28-18(2)21(10-7-12-25(34)35)27(36)33(24)17-19-13-15-20(16-14-19)22-8-5-6-9-23(22)26-29-31-32-30-26/h5-6,8-9,13-16H,3-4,7,10-12,17H2,1-2H3,(H,34,35)(H,29,30,31,32). The highest BCUT2D eigenvalue weighted by atomic mass is 16.4. The number of aromatic amines is 1. The van der Waals surface area contributed by atoms with Crippen LogP contribution in [0.25, 0.3) is 22.5 Å². The Morgan fingerprint density at radius 3 is 2.44 bits per heavy atom. The lowest BCUT2D eigenvalue weighted by molar-refractivity contribution is -0.137. The van der Waals surface area contributed by atoms with Gasteiger partial charge < -0.3 is 5.11 Å². The quantitative estimate of drug-likeness (QED) is 0.325. The number of carboxylic acids is 1. The highest BCUT2D eigenvalue weighted by Gasteiger charge is 2.16. The van der Waals surface area contributed by atoms with Crippen LogP contribution < -0.4 is 5.56 Å². The molecule has 0 aliphatic heterocycles. The van der Waals surface area contributed by atoms with Gasteiger partial charge >= 0.3 is 5.97 Å². The minimum Gasteiger partial charge on any atom is -0.481 e. The van der Waals surface area contributed by atoms with Crippen molar-refractivity contribution in [2.75, 3.05) is 0 Å². The van der Waals surface area contributed by atoms with Crippen molar-refractivity contribution in [2.24, 2.45) is 0 Å². The zero-order chi connectivity index (χ0) is 25.5. The van der Waals surface area contributed by atoms with E-state index in [4.69, 9.17) is 10.1 Å². The summed E-state index contributed by atoms with van der Waals surface area (Å²) < 4.78 is 1.75. The molecule has 0 aliphatic carbocycles. The molecular formula is C27H30N6O3. The first-order valence-corrected chi connectivity index (χ1v) is 12.2. The van der Waals surface area contributed by atoms with Gasteiger partial charge in [-0.3, -0.25) is 14.2 Å². The van der Waals surface area contributed by atoms with Crippen molar-refractivity contribution in [3.8, 4) is 22.5 Å². The Bertz CT molecular complexity index is 1380. The molecule has 0 atom stereocenters. The van der Waals surface area contributed by atoms with Gasteiger partial charge in [0, 0.05) is 29.7 Å². The Hall–Kier alpha value is -4.14. The first kappa shape index (κ1) is 25.0. The zero-order valence-corrected chi connectivity index (χ0v) is 20.6. The summed E-state index contributed by atoms with van der Waals surface area (Å²) in [6.45, 7) is 4.36. The number of H-pyrrole nitrogens is 1. The number of rotatable bonds is 11. The van der Waals surface area contributed by atoms with Crippen LogP contribution in [0.5, 0.6) is 0 Å². The summed E-state index contributed by atoms with van der Waals surface area (Å²) in [6.07, 6.45) is 3.52.